The molecule has 0 radical (unpaired) electrons. The number of benzene rings is 1. The van der Waals surface area contributed by atoms with E-state index >= 15 is 0 Å². The maximum Gasteiger partial charge on any atom is 0.340 e. The Morgan fingerprint density at radius 2 is 2.09 bits per heavy atom. The number of nitrogens with two attached hydrogens (primary N) is 1. The molecule has 1 aliphatic rings. The van der Waals surface area contributed by atoms with Crippen LogP contribution >= 0.6 is 11.3 Å². The van der Waals surface area contributed by atoms with Crippen LogP contribution in [0.3, 0.4) is 0 Å². The smallest absolute Gasteiger partial charge is 0.340 e. The highest BCUT2D eigenvalue weighted by Crippen LogP contribution is 2.40. The van der Waals surface area contributed by atoms with Crippen molar-refractivity contribution >= 4 is 33.2 Å². The molecule has 2 N–H and O–H groups in total. The first-order valence-electron chi connectivity index (χ1n) is 7.90. The van der Waals surface area contributed by atoms with Crippen LogP contribution in [0.25, 0.3) is 10.2 Å². The van der Waals surface area contributed by atoms with E-state index in [4.69, 9.17) is 15.5 Å². The molecule has 22 heavy (non-hydrogen) atoms. The van der Waals surface area contributed by atoms with Gasteiger partial charge in [-0.25, -0.2) is 9.78 Å². The largest absolute Gasteiger partial charge is 0.465 e. The quantitative estimate of drug-likeness (QED) is 0.675. The first kappa shape index (κ1) is 15.3. The Morgan fingerprint density at radius 1 is 1.36 bits per heavy atom. The molecule has 5 heteroatoms. The summed E-state index contributed by atoms with van der Waals surface area (Å²) < 4.78 is 5.82. The molecule has 1 aromatic heterocycles. The van der Waals surface area contributed by atoms with Crippen molar-refractivity contribution in [1.29, 1.82) is 0 Å². The second-order valence-corrected chi connectivity index (χ2v) is 7.14. The molecule has 1 fully saturated rings. The summed E-state index contributed by atoms with van der Waals surface area (Å²) in [5.41, 5.74) is 7.69. The summed E-state index contributed by atoms with van der Waals surface area (Å²) in [6.45, 7) is 2.28. The van der Waals surface area contributed by atoms with Crippen LogP contribution in [-0.2, 0) is 4.74 Å². The Hall–Kier alpha value is -1.62. The molecule has 118 valence electrons. The standard InChI is InChI=1S/C17H22N2O2S/c1-3-10-4-6-11(7-5-10)16-19-14-8-12(17(20)21-2)13(18)9-15(14)22-16/h8-11H,3-7,18H2,1-2H3. The molecule has 1 heterocycles. The number of fused-ring (bicyclic) bond motifs is 1. The summed E-state index contributed by atoms with van der Waals surface area (Å²) in [5.74, 6) is 1.03. The number of nitrogens with zero attached hydrogens (tertiary/aromatic N) is 1. The monoisotopic (exact) mass is 318 g/mol. The summed E-state index contributed by atoms with van der Waals surface area (Å²) in [6, 6.07) is 3.61. The van der Waals surface area contributed by atoms with Gasteiger partial charge < -0.3 is 10.5 Å². The number of aromatic nitrogens is 1. The SMILES string of the molecule is CCC1CCC(c2nc3cc(C(=O)OC)c(N)cc3s2)CC1. The molecule has 0 spiro atoms. The number of rotatable bonds is 3. The average molecular weight is 318 g/mol. The molecular formula is C17H22N2O2S. The third-order valence-electron chi connectivity index (χ3n) is 4.75. The van der Waals surface area contributed by atoms with E-state index in [1.54, 1.807) is 17.4 Å². The normalized spacial score (nSPS) is 21.9. The van der Waals surface area contributed by atoms with Crippen LogP contribution in [0.2, 0.25) is 0 Å². The Balaban J connectivity index is 1.88. The molecule has 1 saturated carbocycles. The molecule has 3 rings (SSSR count). The van der Waals surface area contributed by atoms with Crippen molar-refractivity contribution in [2.24, 2.45) is 5.92 Å². The van der Waals surface area contributed by atoms with Crippen LogP contribution in [0.1, 0.15) is 60.3 Å². The van der Waals surface area contributed by atoms with E-state index in [0.717, 1.165) is 16.1 Å². The molecule has 2 aromatic rings. The first-order chi connectivity index (χ1) is 10.6. The Morgan fingerprint density at radius 3 is 2.73 bits per heavy atom. The van der Waals surface area contributed by atoms with Gasteiger partial charge in [0.2, 0.25) is 0 Å². The van der Waals surface area contributed by atoms with Crippen LogP contribution in [0, 0.1) is 5.92 Å². The van der Waals surface area contributed by atoms with E-state index < -0.39 is 5.97 Å². The number of methoxy groups -OCH3 is 1. The summed E-state index contributed by atoms with van der Waals surface area (Å²) in [6.07, 6.45) is 6.32. The average Bonchev–Trinajstić information content (AvgIpc) is 2.96. The van der Waals surface area contributed by atoms with E-state index in [1.807, 2.05) is 6.07 Å². The van der Waals surface area contributed by atoms with Gasteiger partial charge in [-0.15, -0.1) is 11.3 Å². The number of ether oxygens (including phenoxy) is 1. The van der Waals surface area contributed by atoms with E-state index in [1.165, 1.54) is 44.2 Å². The van der Waals surface area contributed by atoms with Gasteiger partial charge in [0.15, 0.2) is 0 Å². The van der Waals surface area contributed by atoms with Crippen molar-refractivity contribution in [3.05, 3.63) is 22.7 Å². The first-order valence-corrected chi connectivity index (χ1v) is 8.72. The lowest BCUT2D eigenvalue weighted by Gasteiger charge is -2.26. The highest BCUT2D eigenvalue weighted by atomic mass is 32.1. The minimum Gasteiger partial charge on any atom is -0.465 e. The Labute approximate surface area is 134 Å². The van der Waals surface area contributed by atoms with Gasteiger partial charge in [-0.05, 0) is 43.7 Å². The maximum atomic E-state index is 11.7. The van der Waals surface area contributed by atoms with Crippen molar-refractivity contribution in [3.63, 3.8) is 0 Å². The van der Waals surface area contributed by atoms with Gasteiger partial charge in [0, 0.05) is 11.6 Å². The van der Waals surface area contributed by atoms with Crippen LogP contribution in [0.15, 0.2) is 12.1 Å². The summed E-state index contributed by atoms with van der Waals surface area (Å²) >= 11 is 1.71. The molecule has 1 aliphatic carbocycles. The number of nitrogen functional groups attached to an aromatic ring is 1. The second-order valence-electron chi connectivity index (χ2n) is 6.08. The maximum absolute atomic E-state index is 11.7. The molecule has 0 saturated heterocycles. The Bertz CT molecular complexity index is 687. The van der Waals surface area contributed by atoms with Crippen molar-refractivity contribution in [3.8, 4) is 0 Å². The minimum absolute atomic E-state index is 0.404. The van der Waals surface area contributed by atoms with Gasteiger partial charge in [0.05, 0.1) is 27.9 Å². The van der Waals surface area contributed by atoms with Crippen molar-refractivity contribution in [1.82, 2.24) is 4.98 Å². The van der Waals surface area contributed by atoms with Gasteiger partial charge in [-0.2, -0.15) is 0 Å². The summed E-state index contributed by atoms with van der Waals surface area (Å²) in [5, 5.41) is 1.19. The van der Waals surface area contributed by atoms with Crippen LogP contribution in [0.4, 0.5) is 5.69 Å². The second kappa shape index (κ2) is 6.24. The summed E-state index contributed by atoms with van der Waals surface area (Å²) in [7, 11) is 1.37. The highest BCUT2D eigenvalue weighted by Gasteiger charge is 2.24. The van der Waals surface area contributed by atoms with Gasteiger partial charge in [-0.1, -0.05) is 13.3 Å². The lowest BCUT2D eigenvalue weighted by Crippen LogP contribution is -2.12. The predicted octanol–water partition coefficient (Wildman–Crippen LogP) is 4.35. The van der Waals surface area contributed by atoms with E-state index in [-0.39, 0.29) is 0 Å². The lowest BCUT2D eigenvalue weighted by atomic mass is 9.81. The zero-order valence-electron chi connectivity index (χ0n) is 13.1. The molecule has 0 unspecified atom stereocenters. The number of thiazole rings is 1. The molecular weight excluding hydrogens is 296 g/mol. The van der Waals surface area contributed by atoms with E-state index in [0.29, 0.717) is 17.2 Å². The molecule has 0 aliphatic heterocycles. The van der Waals surface area contributed by atoms with Crippen LogP contribution in [-0.4, -0.2) is 18.1 Å². The summed E-state index contributed by atoms with van der Waals surface area (Å²) in [4.78, 5) is 16.5. The zero-order valence-corrected chi connectivity index (χ0v) is 13.9. The molecule has 1 aromatic carbocycles. The molecule has 4 nitrogen and oxygen atoms in total. The fourth-order valence-electron chi connectivity index (χ4n) is 3.29. The van der Waals surface area contributed by atoms with Crippen LogP contribution < -0.4 is 5.73 Å². The fourth-order valence-corrected chi connectivity index (χ4v) is 4.45. The third-order valence-corrected chi connectivity index (χ3v) is 5.94. The lowest BCUT2D eigenvalue weighted by molar-refractivity contribution is 0.0602. The van der Waals surface area contributed by atoms with E-state index in [2.05, 4.69) is 6.92 Å². The number of hydrogen-bond donors (Lipinski definition) is 1. The zero-order chi connectivity index (χ0) is 15.7. The van der Waals surface area contributed by atoms with Gasteiger partial charge in [0.1, 0.15) is 0 Å². The minimum atomic E-state index is -0.405. The predicted molar refractivity (Wildman–Crippen MR) is 90.4 cm³/mol. The number of esters is 1. The van der Waals surface area contributed by atoms with Crippen molar-refractivity contribution in [2.75, 3.05) is 12.8 Å². The Kier molecular flexibility index (Phi) is 4.34. The van der Waals surface area contributed by atoms with Gasteiger partial charge in [0.25, 0.3) is 0 Å². The van der Waals surface area contributed by atoms with Crippen molar-refractivity contribution < 1.29 is 9.53 Å². The highest BCUT2D eigenvalue weighted by molar-refractivity contribution is 7.18. The fraction of sp³-hybridized carbons (Fsp3) is 0.529. The van der Waals surface area contributed by atoms with Crippen molar-refractivity contribution in [2.45, 2.75) is 44.9 Å². The number of carbonyl (C=O) groups excluding carboxylic acids is 1. The van der Waals surface area contributed by atoms with E-state index in [9.17, 15) is 4.79 Å². The molecule has 0 amide bonds. The van der Waals surface area contributed by atoms with Gasteiger partial charge >= 0.3 is 5.97 Å². The van der Waals surface area contributed by atoms with Crippen LogP contribution in [0.5, 0.6) is 0 Å². The number of anilines is 1. The number of carbonyl (C=O) groups is 1. The molecule has 0 atom stereocenters. The topological polar surface area (TPSA) is 65.2 Å². The number of hydrogen-bond acceptors (Lipinski definition) is 5. The molecule has 0 bridgehead atoms. The third kappa shape index (κ3) is 2.82. The van der Waals surface area contributed by atoms with Gasteiger partial charge in [-0.3, -0.25) is 0 Å².